The van der Waals surface area contributed by atoms with Crippen LogP contribution in [-0.2, 0) is 0 Å². The van der Waals surface area contributed by atoms with Gasteiger partial charge >= 0.3 is 0 Å². The molecule has 0 saturated carbocycles. The van der Waals surface area contributed by atoms with E-state index in [9.17, 15) is 102 Å². The Hall–Kier alpha value is -11.7. The summed E-state index contributed by atoms with van der Waals surface area (Å²) in [5.74, 6) is -26.3. The van der Waals surface area contributed by atoms with Gasteiger partial charge in [0.1, 0.15) is 22.7 Å². The third-order valence-corrected chi connectivity index (χ3v) is 13.8. The monoisotopic (exact) mass is 1060 g/mol. The van der Waals surface area contributed by atoms with Crippen LogP contribution in [0.25, 0.3) is 65.3 Å². The summed E-state index contributed by atoms with van der Waals surface area (Å²) in [6, 6.07) is 30.7. The number of fused-ring (bicyclic) bond motifs is 2. The second-order valence-corrected chi connectivity index (χ2v) is 17.9. The highest BCUT2D eigenvalue weighted by Gasteiger charge is 2.37. The van der Waals surface area contributed by atoms with Gasteiger partial charge < -0.3 is 102 Å². The van der Waals surface area contributed by atoms with Gasteiger partial charge in [0.25, 0.3) is 0 Å². The Morgan fingerprint density at radius 3 is 0.641 bits per heavy atom. The van der Waals surface area contributed by atoms with Crippen LogP contribution < -0.4 is 9.80 Å². The van der Waals surface area contributed by atoms with E-state index in [-0.39, 0.29) is 11.4 Å². The molecule has 392 valence electrons. The highest BCUT2D eigenvalue weighted by molar-refractivity contribution is 6.35. The molecule has 0 fully saturated rings. The number of anilines is 6. The lowest BCUT2D eigenvalue weighted by Gasteiger charge is -2.29. The predicted molar refractivity (Wildman–Crippen MR) is 281 cm³/mol. The molecule has 0 spiro atoms. The van der Waals surface area contributed by atoms with Gasteiger partial charge in [0.05, 0.1) is 0 Å². The van der Waals surface area contributed by atoms with Crippen molar-refractivity contribution in [3.63, 3.8) is 0 Å². The van der Waals surface area contributed by atoms with Gasteiger partial charge in [-0.15, -0.1) is 0 Å². The van der Waals surface area contributed by atoms with Gasteiger partial charge in [-0.25, -0.2) is 0 Å². The minimum atomic E-state index is -1.34. The van der Waals surface area contributed by atoms with Gasteiger partial charge in [0.15, 0.2) is 46.0 Å². The molecule has 0 aliphatic rings. The van der Waals surface area contributed by atoms with E-state index in [1.165, 1.54) is 24.3 Å². The number of hydrogen-bond acceptors (Lipinski definition) is 22. The minimum Gasteiger partial charge on any atom is -0.503 e. The third kappa shape index (κ3) is 6.56. The first-order valence-electron chi connectivity index (χ1n) is 22.8. The van der Waals surface area contributed by atoms with Gasteiger partial charge in [-0.05, 0) is 89.6 Å². The van der Waals surface area contributed by atoms with E-state index in [1.807, 2.05) is 60.7 Å². The summed E-state index contributed by atoms with van der Waals surface area (Å²) >= 11 is 0. The van der Waals surface area contributed by atoms with Gasteiger partial charge in [-0.2, -0.15) is 0 Å². The first-order chi connectivity index (χ1) is 37.1. The van der Waals surface area contributed by atoms with Crippen molar-refractivity contribution in [3.8, 4) is 137 Å². The molecule has 11 rings (SSSR count). The SMILES string of the molecule is Oc1c(O)c(O)c(N(c2ccc(-c3ccc4c5cccc6c(-c7ccc(N(c8c(O)c(O)c(O)c(O)c8O)c8c(O)c(O)c(O)c(O)c8O)cc7)ccc(c7cccc3c74)c65)cc2)c2c(O)c(O)c(O)c(O)c2O)c(O)c1O. The molecule has 22 nitrogen and oxygen atoms in total. The Bertz CT molecular complexity index is 3840. The Morgan fingerprint density at radius 2 is 0.397 bits per heavy atom. The molecule has 0 heterocycles. The lowest BCUT2D eigenvalue weighted by Crippen LogP contribution is -2.11. The van der Waals surface area contributed by atoms with E-state index in [0.29, 0.717) is 32.1 Å². The molecule has 22 heteroatoms. The second kappa shape index (κ2) is 16.9. The minimum absolute atomic E-state index is 0.164. The van der Waals surface area contributed by atoms with Crippen LogP contribution in [0.1, 0.15) is 0 Å². The van der Waals surface area contributed by atoms with E-state index in [0.717, 1.165) is 43.1 Å². The number of aromatic hydroxyl groups is 20. The smallest absolute Gasteiger partial charge is 0.208 e. The van der Waals surface area contributed by atoms with Crippen molar-refractivity contribution in [2.75, 3.05) is 9.80 Å². The molecule has 20 N–H and O–H groups in total. The fourth-order valence-corrected chi connectivity index (χ4v) is 10.1. The van der Waals surface area contributed by atoms with Crippen molar-refractivity contribution in [2.45, 2.75) is 0 Å². The number of hydrogen-bond donors (Lipinski definition) is 20. The van der Waals surface area contributed by atoms with Crippen molar-refractivity contribution in [3.05, 3.63) is 109 Å². The van der Waals surface area contributed by atoms with Crippen LogP contribution in [-0.4, -0.2) is 102 Å². The van der Waals surface area contributed by atoms with Crippen molar-refractivity contribution >= 4 is 77.2 Å². The number of nitrogens with zero attached hydrogens (tertiary/aromatic N) is 2. The summed E-state index contributed by atoms with van der Waals surface area (Å²) in [5, 5.41) is 219. The van der Waals surface area contributed by atoms with Crippen molar-refractivity contribution in [1.82, 2.24) is 0 Å². The topological polar surface area (TPSA) is 411 Å². The van der Waals surface area contributed by atoms with Crippen LogP contribution in [0.15, 0.2) is 109 Å². The molecule has 0 aliphatic carbocycles. The molecular formula is C56H38N2O20. The molecule has 11 aromatic carbocycles. The molecule has 0 amide bonds. The summed E-state index contributed by atoms with van der Waals surface area (Å²) in [5.41, 5.74) is -1.66. The Kier molecular flexibility index (Phi) is 10.5. The fraction of sp³-hybridized carbons (Fsp3) is 0. The van der Waals surface area contributed by atoms with Crippen LogP contribution in [0, 0.1) is 0 Å². The molecule has 0 unspecified atom stereocenters. The molecule has 11 aromatic rings. The van der Waals surface area contributed by atoms with Gasteiger partial charge in [0, 0.05) is 11.4 Å². The zero-order valence-corrected chi connectivity index (χ0v) is 39.2. The maximum Gasteiger partial charge on any atom is 0.208 e. The number of rotatable bonds is 8. The number of benzene rings is 11. The number of phenols is 20. The van der Waals surface area contributed by atoms with Crippen LogP contribution in [0.4, 0.5) is 34.1 Å². The Balaban J connectivity index is 1.04. The van der Waals surface area contributed by atoms with E-state index in [1.54, 1.807) is 24.3 Å². The lowest BCUT2D eigenvalue weighted by atomic mass is 9.85. The van der Waals surface area contributed by atoms with Crippen molar-refractivity contribution < 1.29 is 102 Å². The predicted octanol–water partition coefficient (Wildman–Crippen LogP) is 10.1. The molecular weight excluding hydrogens is 1020 g/mol. The summed E-state index contributed by atoms with van der Waals surface area (Å²) < 4.78 is 0. The van der Waals surface area contributed by atoms with E-state index in [2.05, 4.69) is 0 Å². The third-order valence-electron chi connectivity index (χ3n) is 13.8. The molecule has 0 atom stereocenters. The zero-order chi connectivity index (χ0) is 55.8. The summed E-state index contributed by atoms with van der Waals surface area (Å²) in [4.78, 5) is 1.26. The molecule has 0 aromatic heterocycles. The fourth-order valence-electron chi connectivity index (χ4n) is 10.1. The normalized spacial score (nSPS) is 11.6. The molecule has 0 bridgehead atoms. The summed E-state index contributed by atoms with van der Waals surface area (Å²) in [6.45, 7) is 0. The Labute approximate surface area is 434 Å². The molecule has 0 saturated heterocycles. The highest BCUT2D eigenvalue weighted by atomic mass is 16.4. The standard InChI is InChI=1S/C56H38N2O20/c59-37-33(38(60)46(68)53(75)45(37)67)57(34-39(61)47(69)54(76)48(70)40(34)62)21-11-7-19(8-12-21)23-15-18-30-28-6-2-4-26-24(16-17-29(32(26)28)27-5-1-3-25(23)31(27)30)20-9-13-22(14-10-20)58(35-41(63)49(71)55(77)50(72)42(35)64)36-43(65)51(73)56(78)52(74)44(36)66/h1-18,59-78H. The maximum atomic E-state index is 11.0. The van der Waals surface area contributed by atoms with Crippen LogP contribution in [0.5, 0.6) is 115 Å². The lowest BCUT2D eigenvalue weighted by molar-refractivity contribution is 0.326. The van der Waals surface area contributed by atoms with Crippen LogP contribution >= 0.6 is 0 Å². The van der Waals surface area contributed by atoms with Crippen LogP contribution in [0.3, 0.4) is 0 Å². The average Bonchev–Trinajstić information content (AvgIpc) is 3.51. The van der Waals surface area contributed by atoms with E-state index >= 15 is 0 Å². The van der Waals surface area contributed by atoms with E-state index in [4.69, 9.17) is 0 Å². The summed E-state index contributed by atoms with van der Waals surface area (Å²) in [6.07, 6.45) is 0. The maximum absolute atomic E-state index is 11.0. The first kappa shape index (κ1) is 48.6. The van der Waals surface area contributed by atoms with Crippen LogP contribution in [0.2, 0.25) is 0 Å². The number of phenolic OH excluding ortho intramolecular Hbond substituents is 20. The molecule has 0 aliphatic heterocycles. The Morgan fingerprint density at radius 1 is 0.192 bits per heavy atom. The van der Waals surface area contributed by atoms with Gasteiger partial charge in [0.2, 0.25) is 69.0 Å². The summed E-state index contributed by atoms with van der Waals surface area (Å²) in [7, 11) is 0. The van der Waals surface area contributed by atoms with E-state index < -0.39 is 138 Å². The average molecular weight is 1060 g/mol. The van der Waals surface area contributed by atoms with Crippen molar-refractivity contribution in [1.29, 1.82) is 0 Å². The van der Waals surface area contributed by atoms with Gasteiger partial charge in [-0.3, -0.25) is 9.80 Å². The van der Waals surface area contributed by atoms with Crippen molar-refractivity contribution in [2.24, 2.45) is 0 Å². The van der Waals surface area contributed by atoms with Gasteiger partial charge in [-0.1, -0.05) is 84.9 Å². The molecule has 0 radical (unpaired) electrons. The quantitative estimate of drug-likeness (QED) is 0.0291. The second-order valence-electron chi connectivity index (χ2n) is 17.9. The highest BCUT2D eigenvalue weighted by Crippen LogP contribution is 2.66. The largest absolute Gasteiger partial charge is 0.503 e. The molecule has 78 heavy (non-hydrogen) atoms. The first-order valence-corrected chi connectivity index (χ1v) is 22.8. The zero-order valence-electron chi connectivity index (χ0n) is 39.2.